The second-order valence-corrected chi connectivity index (χ2v) is 5.05. The molecule has 0 spiro atoms. The van der Waals surface area contributed by atoms with Gasteiger partial charge >= 0.3 is 6.09 Å². The summed E-state index contributed by atoms with van der Waals surface area (Å²) in [6.45, 7) is 0. The third kappa shape index (κ3) is 4.13. The highest BCUT2D eigenvalue weighted by Crippen LogP contribution is 2.24. The summed E-state index contributed by atoms with van der Waals surface area (Å²) in [6, 6.07) is 8.14. The van der Waals surface area contributed by atoms with Crippen molar-refractivity contribution >= 4 is 17.5 Å². The number of carbonyl (C=O) groups excluding carboxylic acids is 1. The monoisotopic (exact) mass is 278 g/mol. The van der Waals surface area contributed by atoms with Crippen molar-refractivity contribution < 1.29 is 14.3 Å². The van der Waals surface area contributed by atoms with Crippen LogP contribution in [0.5, 0.6) is 0 Å². The highest BCUT2D eigenvalue weighted by atomic mass is 16.5. The summed E-state index contributed by atoms with van der Waals surface area (Å²) in [7, 11) is 3.13. The molecule has 1 aliphatic carbocycles. The Balaban J connectivity index is 1.90. The van der Waals surface area contributed by atoms with Gasteiger partial charge in [0.15, 0.2) is 0 Å². The van der Waals surface area contributed by atoms with Crippen molar-refractivity contribution in [3.63, 3.8) is 0 Å². The highest BCUT2D eigenvalue weighted by Gasteiger charge is 2.20. The lowest BCUT2D eigenvalue weighted by Gasteiger charge is -2.29. The first-order chi connectivity index (χ1) is 9.71. The second-order valence-electron chi connectivity index (χ2n) is 5.05. The van der Waals surface area contributed by atoms with Crippen molar-refractivity contribution in [2.24, 2.45) is 0 Å². The molecule has 5 nitrogen and oxygen atoms in total. The van der Waals surface area contributed by atoms with Gasteiger partial charge < -0.3 is 14.8 Å². The average Bonchev–Trinajstić information content (AvgIpc) is 2.48. The molecule has 1 aromatic carbocycles. The number of hydrogen-bond acceptors (Lipinski definition) is 4. The van der Waals surface area contributed by atoms with Crippen molar-refractivity contribution in [3.8, 4) is 0 Å². The Labute approximate surface area is 119 Å². The molecule has 0 aromatic heterocycles. The maximum Gasteiger partial charge on any atom is 0.411 e. The van der Waals surface area contributed by atoms with Crippen molar-refractivity contribution in [1.29, 1.82) is 0 Å². The Morgan fingerprint density at radius 3 is 2.50 bits per heavy atom. The van der Waals surface area contributed by atoms with Crippen LogP contribution in [0.2, 0.25) is 0 Å². The SMILES string of the molecule is COC(=O)Nc1cccc(NC2CCC(OC)CC2)c1. The van der Waals surface area contributed by atoms with Gasteiger partial charge in [-0.05, 0) is 43.9 Å². The summed E-state index contributed by atoms with van der Waals surface area (Å²) in [5, 5.41) is 6.17. The smallest absolute Gasteiger partial charge is 0.411 e. The summed E-state index contributed by atoms with van der Waals surface area (Å²) in [5.74, 6) is 0. The molecule has 5 heteroatoms. The molecule has 1 aliphatic rings. The zero-order chi connectivity index (χ0) is 14.4. The van der Waals surface area contributed by atoms with E-state index in [4.69, 9.17) is 4.74 Å². The summed E-state index contributed by atoms with van der Waals surface area (Å²) in [4.78, 5) is 11.2. The molecule has 1 fully saturated rings. The van der Waals surface area contributed by atoms with Crippen LogP contribution >= 0.6 is 0 Å². The van der Waals surface area contributed by atoms with Crippen molar-refractivity contribution in [2.45, 2.75) is 37.8 Å². The number of carbonyl (C=O) groups is 1. The average molecular weight is 278 g/mol. The largest absolute Gasteiger partial charge is 0.453 e. The van der Waals surface area contributed by atoms with E-state index in [0.29, 0.717) is 12.1 Å². The predicted molar refractivity (Wildman–Crippen MR) is 79.1 cm³/mol. The minimum atomic E-state index is -0.456. The maximum absolute atomic E-state index is 11.2. The first-order valence-corrected chi connectivity index (χ1v) is 6.95. The van der Waals surface area contributed by atoms with Crippen LogP contribution in [-0.2, 0) is 9.47 Å². The van der Waals surface area contributed by atoms with E-state index in [-0.39, 0.29) is 0 Å². The normalized spacial score (nSPS) is 22.1. The highest BCUT2D eigenvalue weighted by molar-refractivity contribution is 5.85. The van der Waals surface area contributed by atoms with Crippen LogP contribution in [0, 0.1) is 0 Å². The van der Waals surface area contributed by atoms with E-state index >= 15 is 0 Å². The number of nitrogens with one attached hydrogen (secondary N) is 2. The van der Waals surface area contributed by atoms with E-state index in [9.17, 15) is 4.79 Å². The van der Waals surface area contributed by atoms with Crippen LogP contribution in [0.3, 0.4) is 0 Å². The molecule has 0 unspecified atom stereocenters. The minimum Gasteiger partial charge on any atom is -0.453 e. The Bertz CT molecular complexity index is 442. The van der Waals surface area contributed by atoms with E-state index in [2.05, 4.69) is 15.4 Å². The van der Waals surface area contributed by atoms with Gasteiger partial charge in [-0.15, -0.1) is 0 Å². The molecule has 0 saturated heterocycles. The van der Waals surface area contributed by atoms with Crippen molar-refractivity contribution in [2.75, 3.05) is 24.9 Å². The number of ether oxygens (including phenoxy) is 2. The number of amides is 1. The van der Waals surface area contributed by atoms with Crippen LogP contribution in [0.4, 0.5) is 16.2 Å². The lowest BCUT2D eigenvalue weighted by Crippen LogP contribution is -2.29. The molecule has 20 heavy (non-hydrogen) atoms. The molecule has 2 N–H and O–H groups in total. The Morgan fingerprint density at radius 2 is 1.85 bits per heavy atom. The Hall–Kier alpha value is -1.75. The van der Waals surface area contributed by atoms with Crippen molar-refractivity contribution in [3.05, 3.63) is 24.3 Å². The first kappa shape index (κ1) is 14.7. The molecule has 0 atom stereocenters. The van der Waals surface area contributed by atoms with Gasteiger partial charge in [-0.2, -0.15) is 0 Å². The standard InChI is InChI=1S/C15H22N2O3/c1-19-14-8-6-11(7-9-14)16-12-4-3-5-13(10-12)17-15(18)20-2/h3-5,10-11,14,16H,6-9H2,1-2H3,(H,17,18). The van der Waals surface area contributed by atoms with E-state index < -0.39 is 6.09 Å². The fourth-order valence-electron chi connectivity index (χ4n) is 2.53. The maximum atomic E-state index is 11.2. The zero-order valence-electron chi connectivity index (χ0n) is 12.0. The molecule has 1 saturated carbocycles. The molecular weight excluding hydrogens is 256 g/mol. The quantitative estimate of drug-likeness (QED) is 0.887. The zero-order valence-corrected chi connectivity index (χ0v) is 12.0. The number of benzene rings is 1. The fraction of sp³-hybridized carbons (Fsp3) is 0.533. The Kier molecular flexibility index (Phi) is 5.24. The van der Waals surface area contributed by atoms with Gasteiger partial charge in [-0.25, -0.2) is 4.79 Å². The molecule has 0 heterocycles. The molecule has 0 radical (unpaired) electrons. The third-order valence-corrected chi connectivity index (χ3v) is 3.67. The molecule has 0 bridgehead atoms. The number of rotatable bonds is 4. The van der Waals surface area contributed by atoms with Gasteiger partial charge in [-0.3, -0.25) is 5.32 Å². The molecule has 2 rings (SSSR count). The number of methoxy groups -OCH3 is 2. The van der Waals surface area contributed by atoms with Crippen LogP contribution in [0.25, 0.3) is 0 Å². The third-order valence-electron chi connectivity index (χ3n) is 3.67. The summed E-state index contributed by atoms with van der Waals surface area (Å²) < 4.78 is 9.96. The number of hydrogen-bond donors (Lipinski definition) is 2. The van der Waals surface area contributed by atoms with Gasteiger partial charge in [0, 0.05) is 24.5 Å². The van der Waals surface area contributed by atoms with Crippen LogP contribution in [0.15, 0.2) is 24.3 Å². The van der Waals surface area contributed by atoms with Gasteiger partial charge in [0.25, 0.3) is 0 Å². The van der Waals surface area contributed by atoms with Crippen LogP contribution in [0.1, 0.15) is 25.7 Å². The lowest BCUT2D eigenvalue weighted by atomic mass is 9.93. The molecule has 110 valence electrons. The van der Waals surface area contributed by atoms with Crippen LogP contribution < -0.4 is 10.6 Å². The molecule has 1 aromatic rings. The lowest BCUT2D eigenvalue weighted by molar-refractivity contribution is 0.0682. The van der Waals surface area contributed by atoms with E-state index in [1.165, 1.54) is 7.11 Å². The van der Waals surface area contributed by atoms with Gasteiger partial charge in [-0.1, -0.05) is 6.07 Å². The van der Waals surface area contributed by atoms with E-state index in [1.807, 2.05) is 24.3 Å². The minimum absolute atomic E-state index is 0.403. The van der Waals surface area contributed by atoms with Crippen molar-refractivity contribution in [1.82, 2.24) is 0 Å². The van der Waals surface area contributed by atoms with E-state index in [0.717, 1.165) is 37.1 Å². The summed E-state index contributed by atoms with van der Waals surface area (Å²) >= 11 is 0. The number of anilines is 2. The fourth-order valence-corrected chi connectivity index (χ4v) is 2.53. The summed E-state index contributed by atoms with van der Waals surface area (Å²) in [6.07, 6.45) is 4.34. The summed E-state index contributed by atoms with van der Waals surface area (Å²) in [5.41, 5.74) is 1.74. The van der Waals surface area contributed by atoms with Gasteiger partial charge in [0.05, 0.1) is 13.2 Å². The van der Waals surface area contributed by atoms with Gasteiger partial charge in [0.2, 0.25) is 0 Å². The Morgan fingerprint density at radius 1 is 1.15 bits per heavy atom. The molecular formula is C15H22N2O3. The van der Waals surface area contributed by atoms with E-state index in [1.54, 1.807) is 7.11 Å². The first-order valence-electron chi connectivity index (χ1n) is 6.95. The molecule has 1 amide bonds. The second kappa shape index (κ2) is 7.14. The predicted octanol–water partition coefficient (Wildman–Crippen LogP) is 3.23. The topological polar surface area (TPSA) is 59.6 Å². The van der Waals surface area contributed by atoms with Gasteiger partial charge in [0.1, 0.15) is 0 Å². The molecule has 0 aliphatic heterocycles. The van der Waals surface area contributed by atoms with Crippen LogP contribution in [-0.4, -0.2) is 32.5 Å².